The summed E-state index contributed by atoms with van der Waals surface area (Å²) in [4.78, 5) is 4.45. The molecule has 5 nitrogen and oxygen atoms in total. The van der Waals surface area contributed by atoms with E-state index in [1.165, 1.54) is 12.1 Å². The number of β-amino-alcohol motifs (C(OH)–C–C–N with tert-alkyl or cyclic N) is 1. The number of piperazine rings is 1. The maximum Gasteiger partial charge on any atom is 0.123 e. The van der Waals surface area contributed by atoms with Gasteiger partial charge in [0, 0.05) is 43.4 Å². The summed E-state index contributed by atoms with van der Waals surface area (Å²) in [6.07, 6.45) is -0.534. The Morgan fingerprint density at radius 1 is 0.964 bits per heavy atom. The van der Waals surface area contributed by atoms with Crippen molar-refractivity contribution in [3.05, 3.63) is 59.4 Å². The summed E-state index contributed by atoms with van der Waals surface area (Å²) in [5.41, 5.74) is 1.03. The highest BCUT2D eigenvalue weighted by atomic mass is 35.5. The van der Waals surface area contributed by atoms with Gasteiger partial charge >= 0.3 is 0 Å². The molecule has 1 saturated heterocycles. The van der Waals surface area contributed by atoms with Crippen LogP contribution in [0.5, 0.6) is 5.75 Å². The molecule has 3 rings (SSSR count). The van der Waals surface area contributed by atoms with Crippen molar-refractivity contribution >= 4 is 17.3 Å². The van der Waals surface area contributed by atoms with Crippen LogP contribution in [0.4, 0.5) is 10.1 Å². The van der Waals surface area contributed by atoms with Gasteiger partial charge in [0.05, 0.1) is 19.3 Å². The predicted octanol–water partition coefficient (Wildman–Crippen LogP) is 3.06. The van der Waals surface area contributed by atoms with Crippen molar-refractivity contribution < 1.29 is 19.0 Å². The van der Waals surface area contributed by atoms with Crippen molar-refractivity contribution in [3.8, 4) is 5.75 Å². The lowest BCUT2D eigenvalue weighted by atomic mass is 10.2. The number of ether oxygens (including phenoxy) is 2. The third-order valence-corrected chi connectivity index (χ3v) is 4.91. The van der Waals surface area contributed by atoms with E-state index < -0.39 is 6.10 Å². The van der Waals surface area contributed by atoms with Gasteiger partial charge in [-0.05, 0) is 48.5 Å². The van der Waals surface area contributed by atoms with E-state index in [1.807, 2.05) is 12.1 Å². The van der Waals surface area contributed by atoms with Gasteiger partial charge in [0.25, 0.3) is 0 Å². The zero-order chi connectivity index (χ0) is 19.8. The fourth-order valence-corrected chi connectivity index (χ4v) is 3.29. The first kappa shape index (κ1) is 20.9. The van der Waals surface area contributed by atoms with Gasteiger partial charge < -0.3 is 19.5 Å². The quantitative estimate of drug-likeness (QED) is 0.646. The van der Waals surface area contributed by atoms with Crippen LogP contribution in [0.3, 0.4) is 0 Å². The van der Waals surface area contributed by atoms with Crippen molar-refractivity contribution in [3.63, 3.8) is 0 Å². The molecule has 1 aliphatic rings. The van der Waals surface area contributed by atoms with Gasteiger partial charge in [0.1, 0.15) is 18.2 Å². The smallest absolute Gasteiger partial charge is 0.123 e. The van der Waals surface area contributed by atoms with Gasteiger partial charge in [0.15, 0.2) is 0 Å². The molecule has 1 fully saturated rings. The minimum atomic E-state index is -0.534. The van der Waals surface area contributed by atoms with Gasteiger partial charge in [-0.15, -0.1) is 0 Å². The summed E-state index contributed by atoms with van der Waals surface area (Å²) in [6, 6.07) is 13.7. The Balaban J connectivity index is 1.27. The number of anilines is 1. The molecule has 1 heterocycles. The number of rotatable bonds is 9. The number of hydrogen-bond acceptors (Lipinski definition) is 5. The van der Waals surface area contributed by atoms with E-state index in [0.717, 1.165) is 37.6 Å². The lowest BCUT2D eigenvalue weighted by Crippen LogP contribution is -2.49. The second-order valence-electron chi connectivity index (χ2n) is 6.80. The number of benzene rings is 2. The topological polar surface area (TPSA) is 45.2 Å². The summed E-state index contributed by atoms with van der Waals surface area (Å²) in [7, 11) is 0. The third kappa shape index (κ3) is 6.63. The van der Waals surface area contributed by atoms with E-state index in [4.69, 9.17) is 21.1 Å². The summed E-state index contributed by atoms with van der Waals surface area (Å²) < 4.78 is 24.1. The van der Waals surface area contributed by atoms with Crippen molar-refractivity contribution in [2.24, 2.45) is 0 Å². The summed E-state index contributed by atoms with van der Waals surface area (Å²) in [5, 5.41) is 10.9. The molecule has 0 bridgehead atoms. The van der Waals surface area contributed by atoms with Crippen LogP contribution >= 0.6 is 11.6 Å². The van der Waals surface area contributed by atoms with E-state index in [2.05, 4.69) is 9.80 Å². The van der Waals surface area contributed by atoms with Gasteiger partial charge in [-0.1, -0.05) is 11.6 Å². The molecule has 1 aliphatic heterocycles. The maximum absolute atomic E-state index is 13.0. The molecular weight excluding hydrogens is 383 g/mol. The first-order valence-corrected chi connectivity index (χ1v) is 9.85. The molecule has 0 unspecified atom stereocenters. The van der Waals surface area contributed by atoms with Gasteiger partial charge in [0.2, 0.25) is 0 Å². The summed E-state index contributed by atoms with van der Waals surface area (Å²) >= 11 is 5.83. The fraction of sp³-hybridized carbons (Fsp3) is 0.429. The van der Waals surface area contributed by atoms with E-state index in [-0.39, 0.29) is 12.4 Å². The Morgan fingerprint density at radius 2 is 1.64 bits per heavy atom. The van der Waals surface area contributed by atoms with Crippen LogP contribution in [-0.2, 0) is 4.74 Å². The first-order valence-electron chi connectivity index (χ1n) is 9.47. The van der Waals surface area contributed by atoms with Crippen LogP contribution in [0.1, 0.15) is 0 Å². The molecule has 7 heteroatoms. The highest BCUT2D eigenvalue weighted by molar-refractivity contribution is 6.30. The van der Waals surface area contributed by atoms with Crippen molar-refractivity contribution in [1.29, 1.82) is 0 Å². The molecule has 0 aliphatic carbocycles. The highest BCUT2D eigenvalue weighted by Gasteiger charge is 2.19. The lowest BCUT2D eigenvalue weighted by molar-refractivity contribution is 0.00718. The monoisotopic (exact) mass is 408 g/mol. The van der Waals surface area contributed by atoms with Gasteiger partial charge in [-0.3, -0.25) is 4.90 Å². The van der Waals surface area contributed by atoms with Crippen LogP contribution < -0.4 is 9.64 Å². The molecular formula is C21H26ClFN2O3. The Labute approximate surface area is 170 Å². The number of halogens is 2. The van der Waals surface area contributed by atoms with Gasteiger partial charge in [-0.2, -0.15) is 0 Å². The molecule has 28 heavy (non-hydrogen) atoms. The second-order valence-corrected chi connectivity index (χ2v) is 7.23. The molecule has 2 aromatic carbocycles. The average Bonchev–Trinajstić information content (AvgIpc) is 2.70. The van der Waals surface area contributed by atoms with Crippen molar-refractivity contribution in [1.82, 2.24) is 4.90 Å². The predicted molar refractivity (Wildman–Crippen MR) is 109 cm³/mol. The Bertz CT molecular complexity index is 707. The van der Waals surface area contributed by atoms with E-state index in [9.17, 15) is 9.50 Å². The van der Waals surface area contributed by atoms with Crippen LogP contribution in [0.2, 0.25) is 5.02 Å². The summed E-state index contributed by atoms with van der Waals surface area (Å²) in [6.45, 7) is 5.12. The fourth-order valence-electron chi connectivity index (χ4n) is 3.16. The molecule has 152 valence electrons. The maximum atomic E-state index is 13.0. The minimum Gasteiger partial charge on any atom is -0.491 e. The zero-order valence-electron chi connectivity index (χ0n) is 15.8. The molecule has 0 radical (unpaired) electrons. The van der Waals surface area contributed by atoms with Crippen LogP contribution in [0.15, 0.2) is 48.5 Å². The van der Waals surface area contributed by atoms with E-state index >= 15 is 0 Å². The zero-order valence-corrected chi connectivity index (χ0v) is 16.5. The van der Waals surface area contributed by atoms with Gasteiger partial charge in [-0.25, -0.2) is 4.39 Å². The first-order chi connectivity index (χ1) is 13.6. The molecule has 0 amide bonds. The highest BCUT2D eigenvalue weighted by Crippen LogP contribution is 2.17. The number of aliphatic hydroxyl groups is 1. The second kappa shape index (κ2) is 10.6. The van der Waals surface area contributed by atoms with E-state index in [0.29, 0.717) is 24.8 Å². The van der Waals surface area contributed by atoms with Crippen LogP contribution in [0, 0.1) is 5.82 Å². The lowest BCUT2D eigenvalue weighted by Gasteiger charge is -2.36. The SMILES string of the molecule is O[C@@H](COCCOc1ccc(Cl)cc1)CN1CCN(c2ccc(F)cc2)CC1. The molecule has 0 aromatic heterocycles. The number of nitrogens with zero attached hydrogens (tertiary/aromatic N) is 2. The van der Waals surface area contributed by atoms with Crippen molar-refractivity contribution in [2.75, 3.05) is 57.4 Å². The Morgan fingerprint density at radius 3 is 2.32 bits per heavy atom. The van der Waals surface area contributed by atoms with Crippen molar-refractivity contribution in [2.45, 2.75) is 6.10 Å². The number of aliphatic hydroxyl groups excluding tert-OH is 1. The molecule has 2 aromatic rings. The average molecular weight is 409 g/mol. The van der Waals surface area contributed by atoms with E-state index in [1.54, 1.807) is 24.3 Å². The standard InChI is InChI=1S/C21H26ClFN2O3/c22-17-1-7-21(8-2-17)28-14-13-27-16-20(26)15-24-9-11-25(12-10-24)19-5-3-18(23)4-6-19/h1-8,20,26H,9-16H2/t20-/m1/s1. The molecule has 1 atom stereocenters. The molecule has 1 N–H and O–H groups in total. The summed E-state index contributed by atoms with van der Waals surface area (Å²) in [5.74, 6) is 0.525. The Hall–Kier alpha value is -1.86. The number of hydrogen-bond donors (Lipinski definition) is 1. The third-order valence-electron chi connectivity index (χ3n) is 4.65. The largest absolute Gasteiger partial charge is 0.491 e. The van der Waals surface area contributed by atoms with Crippen LogP contribution in [0.25, 0.3) is 0 Å². The van der Waals surface area contributed by atoms with Crippen LogP contribution in [-0.4, -0.2) is 68.7 Å². The molecule has 0 spiro atoms. The normalized spacial score (nSPS) is 16.2. The minimum absolute atomic E-state index is 0.218. The Kier molecular flexibility index (Phi) is 7.91. The molecule has 0 saturated carbocycles.